The van der Waals surface area contributed by atoms with Gasteiger partial charge in [0.15, 0.2) is 0 Å². The highest BCUT2D eigenvalue weighted by Gasteiger charge is 2.34. The SMILES string of the molecule is Cc1cccc(OC2CN(C(=O)c3nc(N)n[nH]3)C2)c1. The molecule has 3 rings (SSSR count). The molecule has 7 nitrogen and oxygen atoms in total. The predicted octanol–water partition coefficient (Wildman–Crippen LogP) is 0.599. The molecule has 104 valence electrons. The van der Waals surface area contributed by atoms with E-state index >= 15 is 0 Å². The number of carbonyl (C=O) groups is 1. The van der Waals surface area contributed by atoms with Crippen molar-refractivity contribution in [1.29, 1.82) is 0 Å². The van der Waals surface area contributed by atoms with Crippen molar-refractivity contribution in [2.75, 3.05) is 18.8 Å². The van der Waals surface area contributed by atoms with E-state index < -0.39 is 0 Å². The topological polar surface area (TPSA) is 97.1 Å². The number of amides is 1. The summed E-state index contributed by atoms with van der Waals surface area (Å²) in [4.78, 5) is 17.4. The molecule has 1 aromatic heterocycles. The first kappa shape index (κ1) is 12.5. The lowest BCUT2D eigenvalue weighted by molar-refractivity contribution is 0.0169. The molecule has 0 unspecified atom stereocenters. The Hall–Kier alpha value is -2.57. The second-order valence-electron chi connectivity index (χ2n) is 4.81. The summed E-state index contributed by atoms with van der Waals surface area (Å²) < 4.78 is 5.79. The number of carbonyl (C=O) groups excluding carboxylic acids is 1. The average Bonchev–Trinajstić information content (AvgIpc) is 2.79. The van der Waals surface area contributed by atoms with Crippen LogP contribution in [-0.2, 0) is 0 Å². The quantitative estimate of drug-likeness (QED) is 0.853. The van der Waals surface area contributed by atoms with E-state index in [0.717, 1.165) is 11.3 Å². The third kappa shape index (κ3) is 2.42. The molecular weight excluding hydrogens is 258 g/mol. The number of nitrogens with one attached hydrogen (secondary N) is 1. The Kier molecular flexibility index (Phi) is 3.02. The van der Waals surface area contributed by atoms with Crippen LogP contribution in [0.2, 0.25) is 0 Å². The minimum atomic E-state index is -0.210. The zero-order valence-electron chi connectivity index (χ0n) is 11.0. The molecule has 20 heavy (non-hydrogen) atoms. The summed E-state index contributed by atoms with van der Waals surface area (Å²) in [6, 6.07) is 7.84. The molecule has 0 radical (unpaired) electrons. The molecule has 0 bridgehead atoms. The van der Waals surface area contributed by atoms with Gasteiger partial charge < -0.3 is 15.4 Å². The van der Waals surface area contributed by atoms with Crippen molar-refractivity contribution in [2.24, 2.45) is 0 Å². The third-order valence-corrected chi connectivity index (χ3v) is 3.13. The van der Waals surface area contributed by atoms with Gasteiger partial charge in [0.05, 0.1) is 13.1 Å². The van der Waals surface area contributed by atoms with Crippen LogP contribution in [0.25, 0.3) is 0 Å². The normalized spacial score (nSPS) is 14.9. The highest BCUT2D eigenvalue weighted by Crippen LogP contribution is 2.20. The number of rotatable bonds is 3. The monoisotopic (exact) mass is 273 g/mol. The van der Waals surface area contributed by atoms with Crippen molar-refractivity contribution in [3.63, 3.8) is 0 Å². The van der Waals surface area contributed by atoms with E-state index in [1.807, 2.05) is 31.2 Å². The Morgan fingerprint density at radius 1 is 1.50 bits per heavy atom. The number of nitrogens with two attached hydrogens (primary N) is 1. The van der Waals surface area contributed by atoms with Crippen LogP contribution in [0, 0.1) is 6.92 Å². The largest absolute Gasteiger partial charge is 0.487 e. The van der Waals surface area contributed by atoms with Gasteiger partial charge in [0, 0.05) is 0 Å². The number of likely N-dealkylation sites (tertiary alicyclic amines) is 1. The molecule has 1 amide bonds. The fraction of sp³-hybridized carbons (Fsp3) is 0.308. The smallest absolute Gasteiger partial charge is 0.291 e. The Morgan fingerprint density at radius 3 is 2.95 bits per heavy atom. The van der Waals surface area contributed by atoms with Crippen molar-refractivity contribution in [2.45, 2.75) is 13.0 Å². The van der Waals surface area contributed by atoms with Gasteiger partial charge in [-0.3, -0.25) is 9.89 Å². The summed E-state index contributed by atoms with van der Waals surface area (Å²) in [5, 5.41) is 6.15. The fourth-order valence-electron chi connectivity index (χ4n) is 2.08. The van der Waals surface area contributed by atoms with E-state index in [2.05, 4.69) is 15.2 Å². The molecule has 3 N–H and O–H groups in total. The Balaban J connectivity index is 1.55. The van der Waals surface area contributed by atoms with Crippen LogP contribution in [0.3, 0.4) is 0 Å². The van der Waals surface area contributed by atoms with E-state index in [4.69, 9.17) is 10.5 Å². The summed E-state index contributed by atoms with van der Waals surface area (Å²) in [5.41, 5.74) is 6.52. The average molecular weight is 273 g/mol. The van der Waals surface area contributed by atoms with Gasteiger partial charge in [-0.05, 0) is 24.6 Å². The molecule has 0 saturated carbocycles. The number of hydrogen-bond acceptors (Lipinski definition) is 5. The van der Waals surface area contributed by atoms with Crippen molar-refractivity contribution in [3.8, 4) is 5.75 Å². The van der Waals surface area contributed by atoms with Gasteiger partial charge in [-0.2, -0.15) is 4.98 Å². The van der Waals surface area contributed by atoms with Crippen LogP contribution in [-0.4, -0.2) is 45.2 Å². The molecule has 0 atom stereocenters. The molecule has 1 aromatic carbocycles. The first-order valence-electron chi connectivity index (χ1n) is 6.32. The molecule has 2 aromatic rings. The minimum Gasteiger partial charge on any atom is -0.487 e. The summed E-state index contributed by atoms with van der Waals surface area (Å²) >= 11 is 0. The van der Waals surface area contributed by atoms with Crippen LogP contribution >= 0.6 is 0 Å². The number of hydrogen-bond donors (Lipinski definition) is 2. The van der Waals surface area contributed by atoms with Crippen LogP contribution < -0.4 is 10.5 Å². The van der Waals surface area contributed by atoms with E-state index in [1.165, 1.54) is 0 Å². The molecule has 0 aliphatic carbocycles. The number of ether oxygens (including phenoxy) is 1. The van der Waals surface area contributed by atoms with Gasteiger partial charge in [0.1, 0.15) is 11.9 Å². The Labute approximate surface area is 115 Å². The van der Waals surface area contributed by atoms with Gasteiger partial charge in [-0.25, -0.2) is 0 Å². The van der Waals surface area contributed by atoms with Gasteiger partial charge in [0.25, 0.3) is 5.91 Å². The number of nitrogen functional groups attached to an aromatic ring is 1. The van der Waals surface area contributed by atoms with Crippen molar-refractivity contribution in [1.82, 2.24) is 20.1 Å². The standard InChI is InChI=1S/C13H15N5O2/c1-8-3-2-4-9(5-8)20-10-6-18(7-10)12(19)11-15-13(14)17-16-11/h2-5,10H,6-7H2,1H3,(H3,14,15,16,17). The Bertz CT molecular complexity index is 633. The maximum Gasteiger partial charge on any atom is 0.291 e. The number of aryl methyl sites for hydroxylation is 1. The summed E-state index contributed by atoms with van der Waals surface area (Å²) in [7, 11) is 0. The molecule has 1 fully saturated rings. The molecular formula is C13H15N5O2. The lowest BCUT2D eigenvalue weighted by Crippen LogP contribution is -2.56. The summed E-state index contributed by atoms with van der Waals surface area (Å²) in [6.07, 6.45) is 0.0148. The molecule has 7 heteroatoms. The summed E-state index contributed by atoms with van der Waals surface area (Å²) in [6.45, 7) is 3.08. The number of nitrogens with zero attached hydrogens (tertiary/aromatic N) is 3. The third-order valence-electron chi connectivity index (χ3n) is 3.13. The number of H-pyrrole nitrogens is 1. The predicted molar refractivity (Wildman–Crippen MR) is 72.3 cm³/mol. The minimum absolute atomic E-state index is 0.0148. The Morgan fingerprint density at radius 2 is 2.30 bits per heavy atom. The maximum absolute atomic E-state index is 12.0. The molecule has 1 saturated heterocycles. The van der Waals surface area contributed by atoms with Crippen molar-refractivity contribution >= 4 is 11.9 Å². The van der Waals surface area contributed by atoms with E-state index in [0.29, 0.717) is 13.1 Å². The number of anilines is 1. The zero-order chi connectivity index (χ0) is 14.1. The van der Waals surface area contributed by atoms with E-state index in [9.17, 15) is 4.79 Å². The summed E-state index contributed by atoms with van der Waals surface area (Å²) in [5.74, 6) is 0.849. The van der Waals surface area contributed by atoms with E-state index in [-0.39, 0.29) is 23.8 Å². The maximum atomic E-state index is 12.0. The number of benzene rings is 1. The van der Waals surface area contributed by atoms with Gasteiger partial charge in [-0.15, -0.1) is 5.10 Å². The van der Waals surface area contributed by atoms with Crippen LogP contribution in [0.15, 0.2) is 24.3 Å². The number of aromatic nitrogens is 3. The van der Waals surface area contributed by atoms with Gasteiger partial charge in [0.2, 0.25) is 11.8 Å². The highest BCUT2D eigenvalue weighted by atomic mass is 16.5. The molecule has 2 heterocycles. The van der Waals surface area contributed by atoms with Crippen LogP contribution in [0.4, 0.5) is 5.95 Å². The first-order valence-corrected chi connectivity index (χ1v) is 6.32. The number of aromatic amines is 1. The van der Waals surface area contributed by atoms with Crippen LogP contribution in [0.5, 0.6) is 5.75 Å². The molecule has 0 spiro atoms. The highest BCUT2D eigenvalue weighted by molar-refractivity contribution is 5.91. The second kappa shape index (κ2) is 4.84. The van der Waals surface area contributed by atoms with Gasteiger partial charge in [-0.1, -0.05) is 12.1 Å². The van der Waals surface area contributed by atoms with Crippen LogP contribution in [0.1, 0.15) is 16.2 Å². The molecule has 1 aliphatic heterocycles. The zero-order valence-corrected chi connectivity index (χ0v) is 11.0. The lowest BCUT2D eigenvalue weighted by Gasteiger charge is -2.38. The van der Waals surface area contributed by atoms with E-state index in [1.54, 1.807) is 4.90 Å². The van der Waals surface area contributed by atoms with Crippen molar-refractivity contribution < 1.29 is 9.53 Å². The van der Waals surface area contributed by atoms with Gasteiger partial charge >= 0.3 is 0 Å². The second-order valence-corrected chi connectivity index (χ2v) is 4.81. The van der Waals surface area contributed by atoms with Crippen molar-refractivity contribution in [3.05, 3.63) is 35.7 Å². The fourth-order valence-corrected chi connectivity index (χ4v) is 2.08. The first-order chi connectivity index (χ1) is 9.61. The lowest BCUT2D eigenvalue weighted by atomic mass is 10.1. The molecule has 1 aliphatic rings.